The van der Waals surface area contributed by atoms with Crippen molar-refractivity contribution < 1.29 is 4.39 Å². The normalized spacial score (nSPS) is 10.5. The molecule has 0 saturated heterocycles. The smallest absolute Gasteiger partial charge is 0.163 e. The monoisotopic (exact) mass is 266 g/mol. The Balaban J connectivity index is 2.60. The number of anilines is 1. The summed E-state index contributed by atoms with van der Waals surface area (Å²) in [4.78, 5) is 8.59. The molecule has 0 spiro atoms. The summed E-state index contributed by atoms with van der Waals surface area (Å²) in [7, 11) is 0. The molecule has 0 atom stereocenters. The van der Waals surface area contributed by atoms with E-state index in [2.05, 4.69) is 15.4 Å². The second kappa shape index (κ2) is 4.88. The maximum absolute atomic E-state index is 13.0. The quantitative estimate of drug-likeness (QED) is 0.648. The minimum atomic E-state index is -0.398. The zero-order valence-corrected chi connectivity index (χ0v) is 10.7. The molecule has 6 heteroatoms. The van der Waals surface area contributed by atoms with Gasteiger partial charge in [-0.25, -0.2) is 20.2 Å². The average molecular weight is 267 g/mol. The van der Waals surface area contributed by atoms with Crippen molar-refractivity contribution in [2.75, 3.05) is 5.43 Å². The van der Waals surface area contributed by atoms with Gasteiger partial charge < -0.3 is 5.43 Å². The summed E-state index contributed by atoms with van der Waals surface area (Å²) in [5, 5.41) is 0.265. The lowest BCUT2D eigenvalue weighted by Crippen LogP contribution is -2.12. The van der Waals surface area contributed by atoms with E-state index in [9.17, 15) is 4.39 Å². The van der Waals surface area contributed by atoms with Crippen LogP contribution in [0.15, 0.2) is 18.2 Å². The summed E-state index contributed by atoms with van der Waals surface area (Å²) in [6, 6.07) is 4.09. The molecular weight excluding hydrogens is 255 g/mol. The van der Waals surface area contributed by atoms with Gasteiger partial charge in [0.2, 0.25) is 0 Å². The number of hydrogen-bond acceptors (Lipinski definition) is 4. The Morgan fingerprint density at radius 2 is 2.00 bits per heavy atom. The van der Waals surface area contributed by atoms with Crippen LogP contribution in [0, 0.1) is 19.7 Å². The molecule has 2 aromatic rings. The van der Waals surface area contributed by atoms with Crippen LogP contribution < -0.4 is 11.3 Å². The van der Waals surface area contributed by atoms with E-state index in [-0.39, 0.29) is 5.02 Å². The van der Waals surface area contributed by atoms with Gasteiger partial charge in [-0.3, -0.25) is 0 Å². The highest BCUT2D eigenvalue weighted by Gasteiger charge is 2.12. The summed E-state index contributed by atoms with van der Waals surface area (Å²) < 4.78 is 13.0. The number of nitrogens with one attached hydrogen (secondary N) is 1. The number of benzene rings is 1. The van der Waals surface area contributed by atoms with Gasteiger partial charge in [0.05, 0.1) is 5.02 Å². The van der Waals surface area contributed by atoms with Gasteiger partial charge in [0, 0.05) is 16.8 Å². The van der Waals surface area contributed by atoms with E-state index in [1.54, 1.807) is 6.07 Å². The molecule has 1 aromatic heterocycles. The van der Waals surface area contributed by atoms with Gasteiger partial charge in [0.15, 0.2) is 5.82 Å². The second-order valence-corrected chi connectivity index (χ2v) is 4.28. The molecule has 3 N–H and O–H groups in total. The zero-order chi connectivity index (χ0) is 13.3. The van der Waals surface area contributed by atoms with Gasteiger partial charge in [-0.1, -0.05) is 11.6 Å². The van der Waals surface area contributed by atoms with E-state index in [0.29, 0.717) is 17.2 Å². The van der Waals surface area contributed by atoms with Crippen LogP contribution in [0.3, 0.4) is 0 Å². The number of halogens is 2. The lowest BCUT2D eigenvalue weighted by molar-refractivity contribution is 0.628. The molecule has 0 fully saturated rings. The molecule has 94 valence electrons. The lowest BCUT2D eigenvalue weighted by Gasteiger charge is -2.10. The molecule has 0 bridgehead atoms. The summed E-state index contributed by atoms with van der Waals surface area (Å²) >= 11 is 5.98. The van der Waals surface area contributed by atoms with Crippen LogP contribution >= 0.6 is 11.6 Å². The Morgan fingerprint density at radius 1 is 1.28 bits per heavy atom. The fourth-order valence-corrected chi connectivity index (χ4v) is 1.81. The van der Waals surface area contributed by atoms with Crippen molar-refractivity contribution in [1.82, 2.24) is 9.97 Å². The SMILES string of the molecule is Cc1nc(-c2ccc(F)cc2Cl)nc(NN)c1C. The van der Waals surface area contributed by atoms with Crippen LogP contribution in [0.4, 0.5) is 10.2 Å². The van der Waals surface area contributed by atoms with Crippen LogP contribution in [-0.2, 0) is 0 Å². The number of nitrogens with two attached hydrogens (primary N) is 1. The standard InChI is InChI=1S/C12H12ClFN4/c1-6-7(2)16-12(17-11(6)18-15)9-4-3-8(14)5-10(9)13/h3-5H,15H2,1-2H3,(H,16,17,18). The molecule has 2 rings (SSSR count). The molecule has 0 radical (unpaired) electrons. The Hall–Kier alpha value is -1.72. The van der Waals surface area contributed by atoms with Crippen LogP contribution in [0.25, 0.3) is 11.4 Å². The topological polar surface area (TPSA) is 63.8 Å². The Bertz CT molecular complexity index is 601. The second-order valence-electron chi connectivity index (χ2n) is 3.87. The Labute approximate surface area is 109 Å². The van der Waals surface area contributed by atoms with E-state index < -0.39 is 5.82 Å². The number of aromatic nitrogens is 2. The predicted octanol–water partition coefficient (Wildman–Crippen LogP) is 2.84. The number of nitrogen functional groups attached to an aromatic ring is 1. The largest absolute Gasteiger partial charge is 0.308 e. The predicted molar refractivity (Wildman–Crippen MR) is 69.7 cm³/mol. The third-order valence-corrected chi connectivity index (χ3v) is 3.01. The number of hydrogen-bond donors (Lipinski definition) is 2. The fourth-order valence-electron chi connectivity index (χ4n) is 1.56. The molecule has 4 nitrogen and oxygen atoms in total. The summed E-state index contributed by atoms with van der Waals surface area (Å²) in [6.45, 7) is 3.71. The van der Waals surface area contributed by atoms with Crippen molar-refractivity contribution in [3.05, 3.63) is 40.3 Å². The first-order chi connectivity index (χ1) is 8.52. The Morgan fingerprint density at radius 3 is 2.61 bits per heavy atom. The molecule has 0 saturated carbocycles. The minimum absolute atomic E-state index is 0.265. The highest BCUT2D eigenvalue weighted by Crippen LogP contribution is 2.28. The van der Waals surface area contributed by atoms with Crippen molar-refractivity contribution >= 4 is 17.4 Å². The fraction of sp³-hybridized carbons (Fsp3) is 0.167. The summed E-state index contributed by atoms with van der Waals surface area (Å²) in [5.74, 6) is 5.94. The van der Waals surface area contributed by atoms with Gasteiger partial charge in [-0.05, 0) is 32.0 Å². The molecular formula is C12H12ClFN4. The van der Waals surface area contributed by atoms with Crippen molar-refractivity contribution in [2.24, 2.45) is 5.84 Å². The number of nitrogens with zero attached hydrogens (tertiary/aromatic N) is 2. The molecule has 0 aliphatic rings. The number of rotatable bonds is 2. The van der Waals surface area contributed by atoms with Gasteiger partial charge >= 0.3 is 0 Å². The summed E-state index contributed by atoms with van der Waals surface area (Å²) in [5.41, 5.74) is 4.72. The van der Waals surface area contributed by atoms with E-state index in [1.165, 1.54) is 12.1 Å². The first-order valence-corrected chi connectivity index (χ1v) is 5.68. The molecule has 0 aliphatic carbocycles. The minimum Gasteiger partial charge on any atom is -0.308 e. The van der Waals surface area contributed by atoms with E-state index in [0.717, 1.165) is 11.3 Å². The maximum atomic E-state index is 13.0. The molecule has 1 aromatic carbocycles. The van der Waals surface area contributed by atoms with Crippen LogP contribution in [0.1, 0.15) is 11.3 Å². The third-order valence-electron chi connectivity index (χ3n) is 2.70. The van der Waals surface area contributed by atoms with Crippen molar-refractivity contribution in [2.45, 2.75) is 13.8 Å². The highest BCUT2D eigenvalue weighted by molar-refractivity contribution is 6.33. The van der Waals surface area contributed by atoms with Crippen LogP contribution in [0.2, 0.25) is 5.02 Å². The van der Waals surface area contributed by atoms with Gasteiger partial charge in [0.1, 0.15) is 11.6 Å². The molecule has 0 amide bonds. The van der Waals surface area contributed by atoms with Crippen LogP contribution in [-0.4, -0.2) is 9.97 Å². The summed E-state index contributed by atoms with van der Waals surface area (Å²) in [6.07, 6.45) is 0. The van der Waals surface area contributed by atoms with E-state index in [1.807, 2.05) is 13.8 Å². The van der Waals surface area contributed by atoms with E-state index >= 15 is 0 Å². The van der Waals surface area contributed by atoms with Crippen molar-refractivity contribution in [1.29, 1.82) is 0 Å². The molecule has 0 aliphatic heterocycles. The average Bonchev–Trinajstić information content (AvgIpc) is 2.32. The lowest BCUT2D eigenvalue weighted by atomic mass is 10.2. The van der Waals surface area contributed by atoms with Crippen LogP contribution in [0.5, 0.6) is 0 Å². The van der Waals surface area contributed by atoms with Crippen molar-refractivity contribution in [3.8, 4) is 11.4 Å². The maximum Gasteiger partial charge on any atom is 0.163 e. The van der Waals surface area contributed by atoms with Gasteiger partial charge in [-0.2, -0.15) is 0 Å². The first-order valence-electron chi connectivity index (χ1n) is 5.30. The molecule has 0 unspecified atom stereocenters. The highest BCUT2D eigenvalue weighted by atomic mass is 35.5. The molecule has 1 heterocycles. The molecule has 18 heavy (non-hydrogen) atoms. The van der Waals surface area contributed by atoms with Crippen molar-refractivity contribution in [3.63, 3.8) is 0 Å². The van der Waals surface area contributed by atoms with Gasteiger partial charge in [-0.15, -0.1) is 0 Å². The van der Waals surface area contributed by atoms with Gasteiger partial charge in [0.25, 0.3) is 0 Å². The number of hydrazine groups is 1. The third kappa shape index (κ3) is 2.27. The van der Waals surface area contributed by atoms with E-state index in [4.69, 9.17) is 17.4 Å². The zero-order valence-electron chi connectivity index (χ0n) is 9.96. The first kappa shape index (κ1) is 12.7. The number of aryl methyl sites for hydroxylation is 1. The Kier molecular flexibility index (Phi) is 3.45.